The molecule has 1 aliphatic rings. The Labute approximate surface area is 108 Å². The lowest BCUT2D eigenvalue weighted by molar-refractivity contribution is 0.165. The van der Waals surface area contributed by atoms with Gasteiger partial charge >= 0.3 is 0 Å². The van der Waals surface area contributed by atoms with E-state index >= 15 is 0 Å². The predicted octanol–water partition coefficient (Wildman–Crippen LogP) is 1.39. The molecule has 0 saturated carbocycles. The Morgan fingerprint density at radius 1 is 1.44 bits per heavy atom. The van der Waals surface area contributed by atoms with Crippen molar-refractivity contribution in [2.24, 2.45) is 5.92 Å². The lowest BCUT2D eigenvalue weighted by Crippen LogP contribution is -2.22. The highest BCUT2D eigenvalue weighted by Crippen LogP contribution is 2.14. The van der Waals surface area contributed by atoms with Crippen LogP contribution in [0.3, 0.4) is 0 Å². The zero-order chi connectivity index (χ0) is 12.8. The van der Waals surface area contributed by atoms with Gasteiger partial charge in [0.2, 0.25) is 5.88 Å². The Kier molecular flexibility index (Phi) is 4.90. The first-order chi connectivity index (χ1) is 8.74. The van der Waals surface area contributed by atoms with Crippen molar-refractivity contribution < 1.29 is 9.47 Å². The molecule has 1 unspecified atom stereocenters. The van der Waals surface area contributed by atoms with Crippen LogP contribution in [0, 0.1) is 5.92 Å². The van der Waals surface area contributed by atoms with Gasteiger partial charge in [-0.25, -0.2) is 0 Å². The summed E-state index contributed by atoms with van der Waals surface area (Å²) < 4.78 is 10.9. The summed E-state index contributed by atoms with van der Waals surface area (Å²) in [6, 6.07) is 4.27. The van der Waals surface area contributed by atoms with Crippen molar-refractivity contribution >= 4 is 0 Å². The summed E-state index contributed by atoms with van der Waals surface area (Å²) in [7, 11) is 0. The van der Waals surface area contributed by atoms with E-state index < -0.39 is 0 Å². The fourth-order valence-electron chi connectivity index (χ4n) is 1.75. The molecule has 5 heteroatoms. The molecule has 1 aromatic rings. The minimum absolute atomic E-state index is 0.449. The van der Waals surface area contributed by atoms with E-state index in [4.69, 9.17) is 9.47 Å². The zero-order valence-electron chi connectivity index (χ0n) is 11.1. The molecule has 0 bridgehead atoms. The Morgan fingerprint density at radius 2 is 2.33 bits per heavy atom. The van der Waals surface area contributed by atoms with E-state index in [0.717, 1.165) is 31.9 Å². The van der Waals surface area contributed by atoms with Crippen molar-refractivity contribution in [1.29, 1.82) is 0 Å². The van der Waals surface area contributed by atoms with Crippen LogP contribution in [0.15, 0.2) is 12.1 Å². The Balaban J connectivity index is 1.76. The van der Waals surface area contributed by atoms with Crippen LogP contribution < -0.4 is 10.1 Å². The van der Waals surface area contributed by atoms with Crippen LogP contribution in [0.4, 0.5) is 0 Å². The minimum atomic E-state index is 0.449. The second-order valence-corrected chi connectivity index (χ2v) is 4.94. The number of hydrogen-bond donors (Lipinski definition) is 1. The summed E-state index contributed by atoms with van der Waals surface area (Å²) in [5.74, 6) is 1.09. The van der Waals surface area contributed by atoms with Gasteiger partial charge in [-0.15, -0.1) is 5.10 Å². The molecule has 0 amide bonds. The fourth-order valence-corrected chi connectivity index (χ4v) is 1.75. The Morgan fingerprint density at radius 3 is 2.94 bits per heavy atom. The molecule has 0 aliphatic carbocycles. The molecule has 0 aromatic carbocycles. The highest BCUT2D eigenvalue weighted by Gasteiger charge is 2.16. The summed E-state index contributed by atoms with van der Waals surface area (Å²) in [6.45, 7) is 7.26. The molecule has 1 aliphatic heterocycles. The molecule has 5 nitrogen and oxygen atoms in total. The predicted molar refractivity (Wildman–Crippen MR) is 68.4 cm³/mol. The van der Waals surface area contributed by atoms with Crippen LogP contribution in [-0.2, 0) is 11.3 Å². The standard InChI is InChI=1S/C13H21N3O2/c1-10(2)14-7-12-3-4-13(16-15-12)18-9-11-5-6-17-8-11/h3-4,10-11,14H,5-9H2,1-2H3. The smallest absolute Gasteiger partial charge is 0.233 e. The summed E-state index contributed by atoms with van der Waals surface area (Å²) in [5, 5.41) is 11.5. The van der Waals surface area contributed by atoms with Crippen LogP contribution in [0.5, 0.6) is 5.88 Å². The molecule has 0 radical (unpaired) electrons. The lowest BCUT2D eigenvalue weighted by Gasteiger charge is -2.10. The van der Waals surface area contributed by atoms with E-state index in [1.165, 1.54) is 0 Å². The average molecular weight is 251 g/mol. The first-order valence-electron chi connectivity index (χ1n) is 6.50. The van der Waals surface area contributed by atoms with E-state index in [-0.39, 0.29) is 0 Å². The van der Waals surface area contributed by atoms with E-state index in [0.29, 0.717) is 24.4 Å². The molecule has 1 fully saturated rings. The molecule has 18 heavy (non-hydrogen) atoms. The molecule has 0 spiro atoms. The number of aromatic nitrogens is 2. The van der Waals surface area contributed by atoms with Crippen molar-refractivity contribution in [3.05, 3.63) is 17.8 Å². The van der Waals surface area contributed by atoms with Gasteiger partial charge in [0.25, 0.3) is 0 Å². The van der Waals surface area contributed by atoms with Crippen LogP contribution in [0.2, 0.25) is 0 Å². The lowest BCUT2D eigenvalue weighted by atomic mass is 10.1. The number of ether oxygens (including phenoxy) is 2. The highest BCUT2D eigenvalue weighted by atomic mass is 16.5. The average Bonchev–Trinajstić information content (AvgIpc) is 2.88. The van der Waals surface area contributed by atoms with Crippen LogP contribution in [-0.4, -0.2) is 36.1 Å². The second kappa shape index (κ2) is 6.66. The maximum absolute atomic E-state index is 5.60. The largest absolute Gasteiger partial charge is 0.476 e. The van der Waals surface area contributed by atoms with Gasteiger partial charge in [-0.3, -0.25) is 0 Å². The molecule has 2 heterocycles. The third-order valence-corrected chi connectivity index (χ3v) is 2.88. The van der Waals surface area contributed by atoms with Crippen LogP contribution in [0.1, 0.15) is 26.0 Å². The van der Waals surface area contributed by atoms with Gasteiger partial charge in [-0.2, -0.15) is 5.10 Å². The monoisotopic (exact) mass is 251 g/mol. The number of nitrogens with zero attached hydrogens (tertiary/aromatic N) is 2. The summed E-state index contributed by atoms with van der Waals surface area (Å²) >= 11 is 0. The van der Waals surface area contributed by atoms with Crippen molar-refractivity contribution in [2.45, 2.75) is 32.9 Å². The molecule has 1 atom stereocenters. The van der Waals surface area contributed by atoms with Crippen LogP contribution in [0.25, 0.3) is 0 Å². The maximum atomic E-state index is 5.60. The molecule has 1 N–H and O–H groups in total. The van der Waals surface area contributed by atoms with Gasteiger partial charge in [0, 0.05) is 31.2 Å². The normalized spacial score (nSPS) is 19.4. The number of nitrogens with one attached hydrogen (secondary N) is 1. The summed E-state index contributed by atoms with van der Waals surface area (Å²) in [4.78, 5) is 0. The number of rotatable bonds is 6. The highest BCUT2D eigenvalue weighted by molar-refractivity contribution is 5.11. The van der Waals surface area contributed by atoms with Gasteiger partial charge in [0.1, 0.15) is 0 Å². The quantitative estimate of drug-likeness (QED) is 0.828. The maximum Gasteiger partial charge on any atom is 0.233 e. The van der Waals surface area contributed by atoms with Crippen LogP contribution >= 0.6 is 0 Å². The van der Waals surface area contributed by atoms with Crippen molar-refractivity contribution in [2.75, 3.05) is 19.8 Å². The first kappa shape index (κ1) is 13.2. The number of hydrogen-bond acceptors (Lipinski definition) is 5. The first-order valence-corrected chi connectivity index (χ1v) is 6.50. The summed E-state index contributed by atoms with van der Waals surface area (Å²) in [6.07, 6.45) is 1.07. The summed E-state index contributed by atoms with van der Waals surface area (Å²) in [5.41, 5.74) is 0.931. The molecular formula is C13H21N3O2. The van der Waals surface area contributed by atoms with E-state index in [9.17, 15) is 0 Å². The van der Waals surface area contributed by atoms with Gasteiger partial charge in [-0.1, -0.05) is 13.8 Å². The van der Waals surface area contributed by atoms with Gasteiger partial charge < -0.3 is 14.8 Å². The molecular weight excluding hydrogens is 230 g/mol. The molecule has 2 rings (SSSR count). The van der Waals surface area contributed by atoms with E-state index in [1.54, 1.807) is 0 Å². The topological polar surface area (TPSA) is 56.3 Å². The van der Waals surface area contributed by atoms with E-state index in [1.807, 2.05) is 12.1 Å². The molecule has 1 saturated heterocycles. The second-order valence-electron chi connectivity index (χ2n) is 4.94. The zero-order valence-corrected chi connectivity index (χ0v) is 11.1. The molecule has 100 valence electrons. The third kappa shape index (κ3) is 4.23. The van der Waals surface area contributed by atoms with Crippen molar-refractivity contribution in [1.82, 2.24) is 15.5 Å². The third-order valence-electron chi connectivity index (χ3n) is 2.88. The van der Waals surface area contributed by atoms with E-state index in [2.05, 4.69) is 29.4 Å². The Hall–Kier alpha value is -1.20. The van der Waals surface area contributed by atoms with Gasteiger partial charge in [-0.05, 0) is 12.5 Å². The van der Waals surface area contributed by atoms with Crippen molar-refractivity contribution in [3.8, 4) is 5.88 Å². The Bertz CT molecular complexity index is 348. The minimum Gasteiger partial charge on any atom is -0.476 e. The van der Waals surface area contributed by atoms with Gasteiger partial charge in [0.15, 0.2) is 0 Å². The van der Waals surface area contributed by atoms with Crippen molar-refractivity contribution in [3.63, 3.8) is 0 Å². The molecule has 1 aromatic heterocycles. The fraction of sp³-hybridized carbons (Fsp3) is 0.692. The van der Waals surface area contributed by atoms with Gasteiger partial charge in [0.05, 0.1) is 18.9 Å². The SMILES string of the molecule is CC(C)NCc1ccc(OCC2CCOC2)nn1.